The lowest BCUT2D eigenvalue weighted by atomic mass is 9.45. The van der Waals surface area contributed by atoms with Crippen molar-refractivity contribution >= 4 is 71.2 Å². The molecule has 0 bridgehead atoms. The SMILES string of the molecule is Cc1cc2c3c(c1)-n1c4sc5ccccc5c4c4cccc(c41)B3n1c3c(c4cccc-2c41)-c1ccccc1C3(C)C. The van der Waals surface area contributed by atoms with Crippen LogP contribution in [0.4, 0.5) is 0 Å². The molecule has 0 saturated heterocycles. The Kier molecular flexibility index (Phi) is 3.64. The summed E-state index contributed by atoms with van der Waals surface area (Å²) in [6, 6.07) is 37.0. The third kappa shape index (κ3) is 2.23. The van der Waals surface area contributed by atoms with Crippen LogP contribution in [0.25, 0.3) is 70.0 Å². The number of fused-ring (bicyclic) bond motifs is 14. The fourth-order valence-electron chi connectivity index (χ4n) is 9.01. The number of aryl methyl sites for hydroxylation is 1. The van der Waals surface area contributed by atoms with E-state index in [9.17, 15) is 0 Å². The molecule has 0 N–H and O–H groups in total. The molecular weight excluding hydrogens is 527 g/mol. The standard InChI is InChI=1S/C38H25BN2S/c1-20-18-26-21-12-8-13-24-31-22-10-4-6-15-27(22)38(2,3)36(31)41(34(21)24)39-28-16-9-14-25-32-23-11-5-7-17-30(23)42-37(32)40(35(25)28)29(19-20)33(26)39/h4-19H,1-3H3. The van der Waals surface area contributed by atoms with E-state index in [4.69, 9.17) is 0 Å². The Morgan fingerprint density at radius 3 is 2.40 bits per heavy atom. The van der Waals surface area contributed by atoms with Gasteiger partial charge in [0.25, 0.3) is 0 Å². The van der Waals surface area contributed by atoms with E-state index in [2.05, 4.69) is 127 Å². The summed E-state index contributed by atoms with van der Waals surface area (Å²) in [6.07, 6.45) is 0. The minimum atomic E-state index is -0.103. The van der Waals surface area contributed by atoms with Crippen molar-refractivity contribution in [2.24, 2.45) is 0 Å². The number of thiophene rings is 1. The maximum Gasteiger partial charge on any atom is 0.332 e. The molecule has 3 aromatic heterocycles. The van der Waals surface area contributed by atoms with Crippen molar-refractivity contribution in [1.29, 1.82) is 0 Å². The summed E-state index contributed by atoms with van der Waals surface area (Å²) in [5.74, 6) is 0. The maximum atomic E-state index is 2.76. The Labute approximate surface area is 247 Å². The van der Waals surface area contributed by atoms with Crippen LogP contribution in [-0.2, 0) is 5.41 Å². The third-order valence-corrected chi connectivity index (χ3v) is 11.6. The molecule has 0 atom stereocenters. The largest absolute Gasteiger partial charge is 0.378 e. The van der Waals surface area contributed by atoms with Crippen LogP contribution in [0.5, 0.6) is 0 Å². The average molecular weight is 553 g/mol. The molecule has 11 rings (SSSR count). The summed E-state index contributed by atoms with van der Waals surface area (Å²) in [4.78, 5) is 1.36. The molecule has 5 heterocycles. The van der Waals surface area contributed by atoms with Crippen LogP contribution < -0.4 is 10.9 Å². The summed E-state index contributed by atoms with van der Waals surface area (Å²) >= 11 is 1.93. The smallest absolute Gasteiger partial charge is 0.332 e. The molecule has 5 aromatic carbocycles. The molecule has 4 heteroatoms. The van der Waals surface area contributed by atoms with E-state index in [-0.39, 0.29) is 12.3 Å². The zero-order chi connectivity index (χ0) is 27.6. The summed E-state index contributed by atoms with van der Waals surface area (Å²) in [5.41, 5.74) is 16.7. The summed E-state index contributed by atoms with van der Waals surface area (Å²) in [6.45, 7) is 7.25. The first-order valence-electron chi connectivity index (χ1n) is 14.9. The molecule has 3 aliphatic rings. The van der Waals surface area contributed by atoms with E-state index in [1.807, 2.05) is 11.3 Å². The van der Waals surface area contributed by atoms with Crippen LogP contribution in [0.3, 0.4) is 0 Å². The highest BCUT2D eigenvalue weighted by Gasteiger charge is 2.48. The van der Waals surface area contributed by atoms with Gasteiger partial charge < -0.3 is 9.05 Å². The molecule has 0 spiro atoms. The normalized spacial score (nSPS) is 15.2. The summed E-state index contributed by atoms with van der Waals surface area (Å²) < 4.78 is 6.73. The Balaban J connectivity index is 1.39. The Morgan fingerprint density at radius 2 is 1.48 bits per heavy atom. The Bertz CT molecular complexity index is 2570. The van der Waals surface area contributed by atoms with E-state index in [1.165, 1.54) is 97.8 Å². The number of para-hydroxylation sites is 2. The van der Waals surface area contributed by atoms with Gasteiger partial charge in [0.1, 0.15) is 4.83 Å². The lowest BCUT2D eigenvalue weighted by Crippen LogP contribution is -2.56. The van der Waals surface area contributed by atoms with Gasteiger partial charge in [-0.05, 0) is 52.2 Å². The highest BCUT2D eigenvalue weighted by molar-refractivity contribution is 7.25. The van der Waals surface area contributed by atoms with Gasteiger partial charge in [-0.2, -0.15) is 0 Å². The van der Waals surface area contributed by atoms with Gasteiger partial charge in [-0.3, -0.25) is 0 Å². The molecule has 42 heavy (non-hydrogen) atoms. The zero-order valence-electron chi connectivity index (χ0n) is 23.6. The Morgan fingerprint density at radius 1 is 0.714 bits per heavy atom. The predicted molar refractivity (Wildman–Crippen MR) is 180 cm³/mol. The topological polar surface area (TPSA) is 9.86 Å². The number of hydrogen-bond donors (Lipinski definition) is 0. The molecular formula is C38H25BN2S. The van der Waals surface area contributed by atoms with Gasteiger partial charge in [0.15, 0.2) is 0 Å². The third-order valence-electron chi connectivity index (χ3n) is 10.5. The number of rotatable bonds is 0. The lowest BCUT2D eigenvalue weighted by Gasteiger charge is -2.36. The Hall–Kier alpha value is -4.54. The van der Waals surface area contributed by atoms with Gasteiger partial charge in [-0.1, -0.05) is 98.8 Å². The molecule has 196 valence electrons. The van der Waals surface area contributed by atoms with E-state index in [1.54, 1.807) is 0 Å². The van der Waals surface area contributed by atoms with Gasteiger partial charge in [-0.25, -0.2) is 0 Å². The number of nitrogens with zero attached hydrogens (tertiary/aromatic N) is 2. The second-order valence-electron chi connectivity index (χ2n) is 13.0. The van der Waals surface area contributed by atoms with Crippen molar-refractivity contribution in [3.05, 3.63) is 114 Å². The van der Waals surface area contributed by atoms with Crippen LogP contribution in [0.2, 0.25) is 0 Å². The first-order valence-corrected chi connectivity index (χ1v) is 15.7. The van der Waals surface area contributed by atoms with Gasteiger partial charge in [0.2, 0.25) is 0 Å². The molecule has 0 unspecified atom stereocenters. The van der Waals surface area contributed by atoms with Crippen molar-refractivity contribution in [3.8, 4) is 27.9 Å². The molecule has 0 fully saturated rings. The zero-order valence-corrected chi connectivity index (χ0v) is 24.4. The van der Waals surface area contributed by atoms with Crippen LogP contribution >= 0.6 is 11.3 Å². The van der Waals surface area contributed by atoms with E-state index in [0.717, 1.165) is 0 Å². The van der Waals surface area contributed by atoms with E-state index in [0.29, 0.717) is 0 Å². The summed E-state index contributed by atoms with van der Waals surface area (Å²) in [5, 5.41) is 5.52. The summed E-state index contributed by atoms with van der Waals surface area (Å²) in [7, 11) is 0. The monoisotopic (exact) mass is 552 g/mol. The maximum absolute atomic E-state index is 2.76. The molecule has 8 aromatic rings. The van der Waals surface area contributed by atoms with Gasteiger partial charge in [0, 0.05) is 59.7 Å². The van der Waals surface area contributed by atoms with Crippen molar-refractivity contribution in [1.82, 2.24) is 9.05 Å². The van der Waals surface area contributed by atoms with Crippen LogP contribution in [0, 0.1) is 6.92 Å². The fraction of sp³-hybridized carbons (Fsp3) is 0.105. The van der Waals surface area contributed by atoms with Gasteiger partial charge in [0.05, 0.1) is 5.52 Å². The van der Waals surface area contributed by atoms with Crippen LogP contribution in [0.1, 0.15) is 30.7 Å². The molecule has 0 amide bonds. The first kappa shape index (κ1) is 22.1. The van der Waals surface area contributed by atoms with Crippen molar-refractivity contribution in [2.75, 3.05) is 0 Å². The molecule has 1 aliphatic carbocycles. The van der Waals surface area contributed by atoms with Crippen LogP contribution in [0.15, 0.2) is 97.1 Å². The van der Waals surface area contributed by atoms with Crippen molar-refractivity contribution in [3.63, 3.8) is 0 Å². The highest BCUT2D eigenvalue weighted by Crippen LogP contribution is 2.55. The minimum absolute atomic E-state index is 0.103. The minimum Gasteiger partial charge on any atom is -0.378 e. The molecule has 0 saturated carbocycles. The quantitative estimate of drug-likeness (QED) is 0.167. The van der Waals surface area contributed by atoms with Gasteiger partial charge >= 0.3 is 6.85 Å². The average Bonchev–Trinajstić information content (AvgIpc) is 3.70. The second-order valence-corrected chi connectivity index (χ2v) is 14.0. The number of aromatic nitrogens is 2. The van der Waals surface area contributed by atoms with E-state index >= 15 is 0 Å². The van der Waals surface area contributed by atoms with Crippen molar-refractivity contribution in [2.45, 2.75) is 26.2 Å². The van der Waals surface area contributed by atoms with E-state index < -0.39 is 0 Å². The fourth-order valence-corrected chi connectivity index (χ4v) is 10.3. The van der Waals surface area contributed by atoms with Crippen molar-refractivity contribution < 1.29 is 0 Å². The molecule has 2 nitrogen and oxygen atoms in total. The highest BCUT2D eigenvalue weighted by atomic mass is 32.1. The number of benzene rings is 5. The lowest BCUT2D eigenvalue weighted by molar-refractivity contribution is 0.632. The molecule has 0 radical (unpaired) electrons. The predicted octanol–water partition coefficient (Wildman–Crippen LogP) is 8.52. The number of hydrogen-bond acceptors (Lipinski definition) is 1. The van der Waals surface area contributed by atoms with Gasteiger partial charge in [-0.15, -0.1) is 11.3 Å². The van der Waals surface area contributed by atoms with Crippen LogP contribution in [-0.4, -0.2) is 15.9 Å². The first-order chi connectivity index (χ1) is 20.5. The molecule has 2 aliphatic heterocycles. The second kappa shape index (κ2) is 6.91.